The van der Waals surface area contributed by atoms with Gasteiger partial charge in [0.15, 0.2) is 0 Å². The molecule has 0 N–H and O–H groups in total. The lowest BCUT2D eigenvalue weighted by molar-refractivity contribution is -0.138. The van der Waals surface area contributed by atoms with E-state index in [-0.39, 0.29) is 0 Å². The molecule has 0 radical (unpaired) electrons. The quantitative estimate of drug-likeness (QED) is 0.310. The van der Waals surface area contributed by atoms with Gasteiger partial charge in [0.05, 0.1) is 11.1 Å². The molecule has 3 aromatic rings. The fourth-order valence-corrected chi connectivity index (χ4v) is 4.84. The highest BCUT2D eigenvalue weighted by Gasteiger charge is 2.31. The van der Waals surface area contributed by atoms with Crippen LogP contribution in [0.4, 0.5) is 26.3 Å². The Hall–Kier alpha value is -2.28. The minimum absolute atomic E-state index is 0.678. The van der Waals surface area contributed by atoms with E-state index in [1.54, 1.807) is 0 Å². The van der Waals surface area contributed by atoms with E-state index in [4.69, 9.17) is 0 Å². The molecule has 162 valence electrons. The van der Waals surface area contributed by atoms with Gasteiger partial charge in [-0.15, -0.1) is 0 Å². The fourth-order valence-electron chi connectivity index (χ4n) is 4.14. The summed E-state index contributed by atoms with van der Waals surface area (Å²) in [4.78, 5) is 0. The van der Waals surface area contributed by atoms with E-state index < -0.39 is 23.5 Å². The first-order valence-electron chi connectivity index (χ1n) is 9.75. The molecule has 0 unspecified atom stereocenters. The highest BCUT2D eigenvalue weighted by molar-refractivity contribution is 9.10. The molecule has 0 heterocycles. The Bertz CT molecular complexity index is 1090. The predicted molar refractivity (Wildman–Crippen MR) is 112 cm³/mol. The van der Waals surface area contributed by atoms with Crippen LogP contribution in [0.25, 0.3) is 22.3 Å². The molecule has 0 amide bonds. The van der Waals surface area contributed by atoms with Crippen molar-refractivity contribution in [2.45, 2.75) is 38.0 Å². The third kappa shape index (κ3) is 4.38. The molecule has 0 bridgehead atoms. The second-order valence-electron chi connectivity index (χ2n) is 7.60. The molecule has 0 aliphatic heterocycles. The lowest BCUT2D eigenvalue weighted by Crippen LogP contribution is -2.08. The maximum Gasteiger partial charge on any atom is 0.416 e. The number of fused-ring (bicyclic) bond motifs is 1. The van der Waals surface area contributed by atoms with Crippen molar-refractivity contribution in [3.05, 3.63) is 81.3 Å². The summed E-state index contributed by atoms with van der Waals surface area (Å²) >= 11 is 3.56. The first-order chi connectivity index (χ1) is 14.6. The molecule has 0 nitrogen and oxygen atoms in total. The van der Waals surface area contributed by atoms with Crippen molar-refractivity contribution in [3.63, 3.8) is 0 Å². The second kappa shape index (κ2) is 8.01. The Kier molecular flexibility index (Phi) is 5.66. The van der Waals surface area contributed by atoms with Gasteiger partial charge in [0.1, 0.15) is 0 Å². The maximum atomic E-state index is 12.9. The summed E-state index contributed by atoms with van der Waals surface area (Å²) in [6.07, 6.45) is -5.36. The topological polar surface area (TPSA) is 0 Å². The summed E-state index contributed by atoms with van der Waals surface area (Å²) in [5, 5.41) is 0. The number of alkyl halides is 6. The zero-order valence-corrected chi connectivity index (χ0v) is 17.8. The average molecular weight is 499 g/mol. The van der Waals surface area contributed by atoms with Crippen LogP contribution in [0, 0.1) is 0 Å². The van der Waals surface area contributed by atoms with Crippen LogP contribution in [0.15, 0.2) is 59.1 Å². The SMILES string of the molecule is FC(F)(F)c1ccc(-c2cc(Br)c(-c3ccc(C(F)(F)F)cc3)c3c2CCCC3)cc1. The Morgan fingerprint density at radius 3 is 1.55 bits per heavy atom. The van der Waals surface area contributed by atoms with E-state index in [1.165, 1.54) is 24.3 Å². The standard InChI is InChI=1S/C24H17BrF6/c25-21-13-20(14-5-9-16(10-6-14)23(26,27)28)18-3-1-2-4-19(18)22(21)15-7-11-17(12-8-15)24(29,30)31/h5-13H,1-4H2. The minimum Gasteiger partial charge on any atom is -0.166 e. The van der Waals surface area contributed by atoms with E-state index in [0.717, 1.165) is 72.2 Å². The summed E-state index contributed by atoms with van der Waals surface area (Å²) in [7, 11) is 0. The number of halogens is 7. The first-order valence-corrected chi connectivity index (χ1v) is 10.5. The summed E-state index contributed by atoms with van der Waals surface area (Å²) in [6, 6.07) is 12.0. The van der Waals surface area contributed by atoms with E-state index in [0.29, 0.717) is 15.6 Å². The van der Waals surface area contributed by atoms with E-state index in [9.17, 15) is 26.3 Å². The molecule has 0 saturated heterocycles. The number of benzene rings is 3. The van der Waals surface area contributed by atoms with Crippen LogP contribution in [-0.2, 0) is 25.2 Å². The molecule has 4 rings (SSSR count). The molecule has 0 fully saturated rings. The van der Waals surface area contributed by atoms with Gasteiger partial charge in [-0.1, -0.05) is 40.2 Å². The monoisotopic (exact) mass is 498 g/mol. The molecule has 0 spiro atoms. The molecule has 0 saturated carbocycles. The normalized spacial score (nSPS) is 14.4. The lowest BCUT2D eigenvalue weighted by atomic mass is 9.81. The molecule has 3 aromatic carbocycles. The zero-order valence-electron chi connectivity index (χ0n) is 16.2. The molecule has 1 aliphatic carbocycles. The minimum atomic E-state index is -4.40. The second-order valence-corrected chi connectivity index (χ2v) is 8.45. The number of hydrogen-bond acceptors (Lipinski definition) is 0. The van der Waals surface area contributed by atoms with E-state index in [1.807, 2.05) is 6.07 Å². The summed E-state index contributed by atoms with van der Waals surface area (Å²) in [6.45, 7) is 0. The Morgan fingerprint density at radius 1 is 0.613 bits per heavy atom. The highest BCUT2D eigenvalue weighted by Crippen LogP contribution is 2.43. The van der Waals surface area contributed by atoms with Crippen molar-refractivity contribution in [3.8, 4) is 22.3 Å². The Labute approximate surface area is 184 Å². The lowest BCUT2D eigenvalue weighted by Gasteiger charge is -2.25. The van der Waals surface area contributed by atoms with Crippen LogP contribution >= 0.6 is 15.9 Å². The third-order valence-electron chi connectivity index (χ3n) is 5.63. The smallest absolute Gasteiger partial charge is 0.166 e. The molecule has 31 heavy (non-hydrogen) atoms. The summed E-state index contributed by atoms with van der Waals surface area (Å²) < 4.78 is 78.3. The van der Waals surface area contributed by atoms with E-state index >= 15 is 0 Å². The van der Waals surface area contributed by atoms with Crippen molar-refractivity contribution < 1.29 is 26.3 Å². The fraction of sp³-hybridized carbons (Fsp3) is 0.250. The Balaban J connectivity index is 1.82. The third-order valence-corrected chi connectivity index (χ3v) is 6.25. The number of hydrogen-bond donors (Lipinski definition) is 0. The summed E-state index contributed by atoms with van der Waals surface area (Å²) in [5.74, 6) is 0. The largest absolute Gasteiger partial charge is 0.416 e. The van der Waals surface area contributed by atoms with Gasteiger partial charge < -0.3 is 0 Å². The van der Waals surface area contributed by atoms with Crippen molar-refractivity contribution in [2.24, 2.45) is 0 Å². The van der Waals surface area contributed by atoms with Crippen LogP contribution in [0.2, 0.25) is 0 Å². The molecular weight excluding hydrogens is 482 g/mol. The van der Waals surface area contributed by atoms with Gasteiger partial charge in [0, 0.05) is 4.47 Å². The van der Waals surface area contributed by atoms with Crippen LogP contribution in [-0.4, -0.2) is 0 Å². The first kappa shape index (κ1) is 21.9. The molecule has 0 atom stereocenters. The van der Waals surface area contributed by atoms with Gasteiger partial charge in [-0.2, -0.15) is 26.3 Å². The van der Waals surface area contributed by atoms with Crippen molar-refractivity contribution in [1.82, 2.24) is 0 Å². The van der Waals surface area contributed by atoms with Gasteiger partial charge >= 0.3 is 12.4 Å². The molecule has 7 heteroatoms. The van der Waals surface area contributed by atoms with Gasteiger partial charge in [-0.25, -0.2) is 0 Å². The van der Waals surface area contributed by atoms with Crippen LogP contribution in [0.1, 0.15) is 35.1 Å². The predicted octanol–water partition coefficient (Wildman–Crippen LogP) is 8.70. The number of rotatable bonds is 2. The van der Waals surface area contributed by atoms with Crippen molar-refractivity contribution >= 4 is 15.9 Å². The average Bonchev–Trinajstić information content (AvgIpc) is 2.72. The van der Waals surface area contributed by atoms with Gasteiger partial charge in [-0.3, -0.25) is 0 Å². The summed E-state index contributed by atoms with van der Waals surface area (Å²) in [5.41, 5.74) is 3.74. The van der Waals surface area contributed by atoms with Gasteiger partial charge in [0.2, 0.25) is 0 Å². The van der Waals surface area contributed by atoms with Gasteiger partial charge in [-0.05, 0) is 89.4 Å². The van der Waals surface area contributed by atoms with Crippen LogP contribution in [0.5, 0.6) is 0 Å². The van der Waals surface area contributed by atoms with E-state index in [2.05, 4.69) is 15.9 Å². The maximum absolute atomic E-state index is 12.9. The van der Waals surface area contributed by atoms with Crippen molar-refractivity contribution in [1.29, 1.82) is 0 Å². The van der Waals surface area contributed by atoms with Crippen molar-refractivity contribution in [2.75, 3.05) is 0 Å². The van der Waals surface area contributed by atoms with Crippen LogP contribution in [0.3, 0.4) is 0 Å². The van der Waals surface area contributed by atoms with Crippen LogP contribution < -0.4 is 0 Å². The van der Waals surface area contributed by atoms with Gasteiger partial charge in [0.25, 0.3) is 0 Å². The molecular formula is C24H17BrF6. The Morgan fingerprint density at radius 2 is 1.06 bits per heavy atom. The molecule has 1 aliphatic rings. The molecule has 0 aromatic heterocycles. The highest BCUT2D eigenvalue weighted by atomic mass is 79.9. The zero-order chi connectivity index (χ0) is 22.4.